The first-order valence-corrected chi connectivity index (χ1v) is 7.06. The van der Waals surface area contributed by atoms with Crippen molar-refractivity contribution in [1.29, 1.82) is 0 Å². The van der Waals surface area contributed by atoms with E-state index in [9.17, 15) is 4.79 Å². The smallest absolute Gasteiger partial charge is 0.251 e. The first-order chi connectivity index (χ1) is 8.05. The Morgan fingerprint density at radius 2 is 1.94 bits per heavy atom. The second-order valence-electron chi connectivity index (χ2n) is 5.01. The third-order valence-electron chi connectivity index (χ3n) is 2.75. The summed E-state index contributed by atoms with van der Waals surface area (Å²) < 4.78 is 0. The molecule has 2 nitrogen and oxygen atoms in total. The van der Waals surface area contributed by atoms with E-state index in [1.54, 1.807) is 0 Å². The molecular formula is C14H20BrNO. The summed E-state index contributed by atoms with van der Waals surface area (Å²) in [6.45, 7) is 5.08. The molecule has 1 rings (SSSR count). The molecule has 1 amide bonds. The predicted molar refractivity (Wildman–Crippen MR) is 75.6 cm³/mol. The van der Waals surface area contributed by atoms with Gasteiger partial charge in [-0.2, -0.15) is 0 Å². The number of amides is 1. The average molecular weight is 298 g/mol. The molecule has 0 aliphatic carbocycles. The molecule has 0 spiro atoms. The minimum atomic E-state index is 0.0116. The van der Waals surface area contributed by atoms with Gasteiger partial charge in [0, 0.05) is 17.4 Å². The second-order valence-corrected chi connectivity index (χ2v) is 5.80. The summed E-state index contributed by atoms with van der Waals surface area (Å²) >= 11 is 3.43. The largest absolute Gasteiger partial charge is 0.352 e. The lowest BCUT2D eigenvalue weighted by Gasteiger charge is -2.24. The van der Waals surface area contributed by atoms with Crippen molar-refractivity contribution in [3.8, 4) is 0 Å². The van der Waals surface area contributed by atoms with Gasteiger partial charge < -0.3 is 5.32 Å². The molecule has 0 aromatic heterocycles. The molecule has 0 radical (unpaired) electrons. The summed E-state index contributed by atoms with van der Waals surface area (Å²) in [5.74, 6) is 0.0116. The number of halogens is 1. The molecule has 0 bridgehead atoms. The van der Waals surface area contributed by atoms with Gasteiger partial charge in [-0.3, -0.25) is 4.79 Å². The van der Waals surface area contributed by atoms with E-state index < -0.39 is 0 Å². The van der Waals surface area contributed by atoms with Crippen molar-refractivity contribution < 1.29 is 4.79 Å². The monoisotopic (exact) mass is 297 g/mol. The van der Waals surface area contributed by atoms with Gasteiger partial charge in [0.15, 0.2) is 0 Å². The Labute approximate surface area is 112 Å². The molecule has 1 N–H and O–H groups in total. The molecule has 0 aliphatic heterocycles. The van der Waals surface area contributed by atoms with Crippen LogP contribution in [0, 0.1) is 5.41 Å². The summed E-state index contributed by atoms with van der Waals surface area (Å²) in [5, 5.41) is 4.01. The lowest BCUT2D eigenvalue weighted by Crippen LogP contribution is -2.34. The first kappa shape index (κ1) is 14.2. The highest BCUT2D eigenvalue weighted by Crippen LogP contribution is 2.21. The molecular weight excluding hydrogens is 278 g/mol. The summed E-state index contributed by atoms with van der Waals surface area (Å²) in [6, 6.07) is 9.34. The lowest BCUT2D eigenvalue weighted by atomic mass is 9.88. The number of carbonyl (C=O) groups is 1. The fraction of sp³-hybridized carbons (Fsp3) is 0.500. The normalized spacial score (nSPS) is 11.2. The van der Waals surface area contributed by atoms with Crippen molar-refractivity contribution in [2.75, 3.05) is 11.9 Å². The average Bonchev–Trinajstić information content (AvgIpc) is 2.35. The van der Waals surface area contributed by atoms with Crippen molar-refractivity contribution in [1.82, 2.24) is 5.32 Å². The number of carbonyl (C=O) groups excluding carboxylic acids is 1. The fourth-order valence-electron chi connectivity index (χ4n) is 1.64. The van der Waals surface area contributed by atoms with Crippen LogP contribution in [0.3, 0.4) is 0 Å². The van der Waals surface area contributed by atoms with E-state index in [2.05, 4.69) is 35.1 Å². The van der Waals surface area contributed by atoms with Crippen LogP contribution in [0.25, 0.3) is 0 Å². The van der Waals surface area contributed by atoms with Crippen molar-refractivity contribution in [2.24, 2.45) is 5.41 Å². The molecule has 17 heavy (non-hydrogen) atoms. The molecule has 0 heterocycles. The van der Waals surface area contributed by atoms with E-state index in [-0.39, 0.29) is 11.3 Å². The summed E-state index contributed by atoms with van der Waals surface area (Å²) in [5.41, 5.74) is 0.877. The van der Waals surface area contributed by atoms with Crippen LogP contribution in [0.5, 0.6) is 0 Å². The van der Waals surface area contributed by atoms with Gasteiger partial charge in [-0.05, 0) is 30.4 Å². The molecule has 0 aliphatic rings. The van der Waals surface area contributed by atoms with Crippen molar-refractivity contribution in [3.63, 3.8) is 0 Å². The van der Waals surface area contributed by atoms with E-state index >= 15 is 0 Å². The van der Waals surface area contributed by atoms with Crippen LogP contribution in [0.4, 0.5) is 0 Å². The lowest BCUT2D eigenvalue weighted by molar-refractivity contribution is 0.0934. The molecule has 1 aromatic rings. The van der Waals surface area contributed by atoms with Crippen molar-refractivity contribution >= 4 is 21.8 Å². The molecule has 94 valence electrons. The van der Waals surface area contributed by atoms with Gasteiger partial charge in [-0.15, -0.1) is 0 Å². The van der Waals surface area contributed by atoms with E-state index in [4.69, 9.17) is 0 Å². The van der Waals surface area contributed by atoms with Crippen molar-refractivity contribution in [3.05, 3.63) is 35.9 Å². The highest BCUT2D eigenvalue weighted by Gasteiger charge is 2.18. The standard InChI is InChI=1S/C14H20BrNO/c1-14(2,9-6-10-15)11-16-13(17)12-7-4-3-5-8-12/h3-5,7-8H,6,9-11H2,1-2H3,(H,16,17). The Kier molecular flexibility index (Phi) is 5.69. The maximum absolute atomic E-state index is 11.8. The Hall–Kier alpha value is -0.830. The Bertz CT molecular complexity index is 348. The summed E-state index contributed by atoms with van der Waals surface area (Å²) in [4.78, 5) is 11.8. The van der Waals surface area contributed by atoms with Crippen LogP contribution >= 0.6 is 15.9 Å². The van der Waals surface area contributed by atoms with Gasteiger partial charge in [0.1, 0.15) is 0 Å². The summed E-state index contributed by atoms with van der Waals surface area (Å²) in [7, 11) is 0. The topological polar surface area (TPSA) is 29.1 Å². The molecule has 0 atom stereocenters. The number of rotatable bonds is 6. The third-order valence-corrected chi connectivity index (χ3v) is 3.31. The quantitative estimate of drug-likeness (QED) is 0.799. The van der Waals surface area contributed by atoms with Crippen LogP contribution < -0.4 is 5.32 Å². The van der Waals surface area contributed by atoms with Gasteiger partial charge in [0.05, 0.1) is 0 Å². The van der Waals surface area contributed by atoms with Crippen LogP contribution in [0.1, 0.15) is 37.0 Å². The zero-order valence-electron chi connectivity index (χ0n) is 10.5. The van der Waals surface area contributed by atoms with Gasteiger partial charge in [-0.25, -0.2) is 0 Å². The van der Waals surface area contributed by atoms with Crippen LogP contribution in [-0.4, -0.2) is 17.8 Å². The number of hydrogen-bond donors (Lipinski definition) is 1. The van der Waals surface area contributed by atoms with Crippen LogP contribution in [0.2, 0.25) is 0 Å². The Morgan fingerprint density at radius 3 is 2.53 bits per heavy atom. The molecule has 1 aromatic carbocycles. The SMILES string of the molecule is CC(C)(CCCBr)CNC(=O)c1ccccc1. The van der Waals surface area contributed by atoms with E-state index in [0.717, 1.165) is 23.7 Å². The maximum Gasteiger partial charge on any atom is 0.251 e. The molecule has 0 saturated heterocycles. The molecule has 3 heteroatoms. The molecule has 0 fully saturated rings. The van der Waals surface area contributed by atoms with Gasteiger partial charge in [0.2, 0.25) is 0 Å². The molecule has 0 unspecified atom stereocenters. The van der Waals surface area contributed by atoms with E-state index in [1.165, 1.54) is 0 Å². The maximum atomic E-state index is 11.8. The zero-order chi connectivity index (χ0) is 12.7. The number of benzene rings is 1. The summed E-state index contributed by atoms with van der Waals surface area (Å²) in [6.07, 6.45) is 2.24. The van der Waals surface area contributed by atoms with Gasteiger partial charge in [-0.1, -0.05) is 48.0 Å². The number of alkyl halides is 1. The number of nitrogens with one attached hydrogen (secondary N) is 1. The highest BCUT2D eigenvalue weighted by atomic mass is 79.9. The minimum Gasteiger partial charge on any atom is -0.352 e. The van der Waals surface area contributed by atoms with Crippen LogP contribution in [0.15, 0.2) is 30.3 Å². The number of hydrogen-bond acceptors (Lipinski definition) is 1. The van der Waals surface area contributed by atoms with Crippen molar-refractivity contribution in [2.45, 2.75) is 26.7 Å². The second kappa shape index (κ2) is 6.80. The third kappa shape index (κ3) is 5.35. The predicted octanol–water partition coefficient (Wildman–Crippen LogP) is 3.62. The van der Waals surface area contributed by atoms with Crippen LogP contribution in [-0.2, 0) is 0 Å². The first-order valence-electron chi connectivity index (χ1n) is 5.94. The van der Waals surface area contributed by atoms with E-state index in [1.807, 2.05) is 30.3 Å². The fourth-order valence-corrected chi connectivity index (χ4v) is 1.93. The van der Waals surface area contributed by atoms with E-state index in [0.29, 0.717) is 6.54 Å². The van der Waals surface area contributed by atoms with Gasteiger partial charge >= 0.3 is 0 Å². The Morgan fingerprint density at radius 1 is 1.29 bits per heavy atom. The van der Waals surface area contributed by atoms with Gasteiger partial charge in [0.25, 0.3) is 5.91 Å². The highest BCUT2D eigenvalue weighted by molar-refractivity contribution is 9.09. The zero-order valence-corrected chi connectivity index (χ0v) is 12.1. The Balaban J connectivity index is 2.43. The minimum absolute atomic E-state index is 0.0116. The molecule has 0 saturated carbocycles.